The number of hydrogen-bond donors (Lipinski definition) is 1. The standard InChI is InChI=1S/C13H15F3N4OS/c14-13(15,16)10(20-2-4-21-5-3-20)7-17-11-9-1-6-22-12(9)19-8-18-11/h1,6,8,10H,2-5,7H2,(H,17,18,19). The van der Waals surface area contributed by atoms with Crippen LogP contribution in [0.2, 0.25) is 0 Å². The molecule has 0 aromatic carbocycles. The van der Waals surface area contributed by atoms with Crippen LogP contribution in [0.5, 0.6) is 0 Å². The first-order valence-corrected chi connectivity index (χ1v) is 7.74. The molecule has 3 rings (SSSR count). The molecule has 1 aliphatic rings. The van der Waals surface area contributed by atoms with E-state index in [2.05, 4.69) is 15.3 Å². The summed E-state index contributed by atoms with van der Waals surface area (Å²) < 4.78 is 45.0. The van der Waals surface area contributed by atoms with Crippen molar-refractivity contribution in [2.24, 2.45) is 0 Å². The summed E-state index contributed by atoms with van der Waals surface area (Å²) >= 11 is 1.43. The summed E-state index contributed by atoms with van der Waals surface area (Å²) in [6, 6.07) is 0.250. The third kappa shape index (κ3) is 3.31. The molecule has 0 radical (unpaired) electrons. The lowest BCUT2D eigenvalue weighted by Gasteiger charge is -2.35. The Balaban J connectivity index is 1.75. The summed E-state index contributed by atoms with van der Waals surface area (Å²) in [5.74, 6) is 0.439. The van der Waals surface area contributed by atoms with Gasteiger partial charge in [0.05, 0.1) is 18.6 Å². The van der Waals surface area contributed by atoms with Crippen LogP contribution in [0.3, 0.4) is 0 Å². The van der Waals surface area contributed by atoms with Crippen molar-refractivity contribution in [3.8, 4) is 0 Å². The summed E-state index contributed by atoms with van der Waals surface area (Å²) in [6.45, 7) is 0.974. The Labute approximate surface area is 129 Å². The van der Waals surface area contributed by atoms with Crippen molar-refractivity contribution >= 4 is 27.4 Å². The van der Waals surface area contributed by atoms with Crippen LogP contribution in [-0.2, 0) is 4.74 Å². The molecule has 0 aliphatic carbocycles. The highest BCUT2D eigenvalue weighted by molar-refractivity contribution is 7.16. The summed E-state index contributed by atoms with van der Waals surface area (Å²) in [5.41, 5.74) is 0. The lowest BCUT2D eigenvalue weighted by molar-refractivity contribution is -0.187. The van der Waals surface area contributed by atoms with Crippen LogP contribution in [0.25, 0.3) is 10.2 Å². The number of rotatable bonds is 4. The van der Waals surface area contributed by atoms with Crippen LogP contribution in [-0.4, -0.2) is 59.9 Å². The third-order valence-electron chi connectivity index (χ3n) is 3.59. The molecule has 0 spiro atoms. The van der Waals surface area contributed by atoms with Crippen LogP contribution >= 0.6 is 11.3 Å². The lowest BCUT2D eigenvalue weighted by Crippen LogP contribution is -2.53. The minimum absolute atomic E-state index is 0.245. The number of ether oxygens (including phenoxy) is 1. The van der Waals surface area contributed by atoms with Crippen molar-refractivity contribution in [3.63, 3.8) is 0 Å². The second-order valence-electron chi connectivity index (χ2n) is 4.95. The van der Waals surface area contributed by atoms with Crippen molar-refractivity contribution in [3.05, 3.63) is 17.8 Å². The van der Waals surface area contributed by atoms with E-state index in [4.69, 9.17) is 4.74 Å². The molecule has 1 fully saturated rings. The number of morpholine rings is 1. The summed E-state index contributed by atoms with van der Waals surface area (Å²) in [6.07, 6.45) is -2.94. The molecule has 2 aromatic heterocycles. The first-order valence-electron chi connectivity index (χ1n) is 6.86. The van der Waals surface area contributed by atoms with Crippen LogP contribution in [0, 0.1) is 0 Å². The van der Waals surface area contributed by atoms with E-state index in [-0.39, 0.29) is 19.6 Å². The van der Waals surface area contributed by atoms with Crippen molar-refractivity contribution in [2.45, 2.75) is 12.2 Å². The molecule has 3 heterocycles. The Morgan fingerprint density at radius 1 is 1.32 bits per heavy atom. The summed E-state index contributed by atoms with van der Waals surface area (Å²) in [4.78, 5) is 10.3. The topological polar surface area (TPSA) is 50.3 Å². The molecule has 22 heavy (non-hydrogen) atoms. The number of halogens is 3. The van der Waals surface area contributed by atoms with Gasteiger partial charge in [-0.1, -0.05) is 0 Å². The highest BCUT2D eigenvalue weighted by atomic mass is 32.1. The Hall–Kier alpha value is -1.45. The smallest absolute Gasteiger partial charge is 0.379 e. The molecule has 0 bridgehead atoms. The fraction of sp³-hybridized carbons (Fsp3) is 0.538. The van der Waals surface area contributed by atoms with E-state index in [1.807, 2.05) is 5.38 Å². The largest absolute Gasteiger partial charge is 0.405 e. The van der Waals surface area contributed by atoms with Gasteiger partial charge in [-0.25, -0.2) is 9.97 Å². The molecule has 0 amide bonds. The van der Waals surface area contributed by atoms with Gasteiger partial charge in [-0.3, -0.25) is 4.90 Å². The average molecular weight is 332 g/mol. The van der Waals surface area contributed by atoms with Gasteiger partial charge < -0.3 is 10.1 Å². The maximum atomic E-state index is 13.3. The van der Waals surface area contributed by atoms with Crippen molar-refractivity contribution < 1.29 is 17.9 Å². The van der Waals surface area contributed by atoms with Crippen molar-refractivity contribution in [1.29, 1.82) is 0 Å². The highest BCUT2D eigenvalue weighted by Gasteiger charge is 2.43. The summed E-state index contributed by atoms with van der Waals surface area (Å²) in [5, 5.41) is 5.42. The Morgan fingerprint density at radius 2 is 2.09 bits per heavy atom. The van der Waals surface area contributed by atoms with E-state index in [9.17, 15) is 13.2 Å². The molecule has 5 nitrogen and oxygen atoms in total. The van der Waals surface area contributed by atoms with Crippen LogP contribution in [0.4, 0.5) is 19.0 Å². The zero-order valence-corrected chi connectivity index (χ0v) is 12.5. The van der Waals surface area contributed by atoms with Gasteiger partial charge >= 0.3 is 6.18 Å². The second-order valence-corrected chi connectivity index (χ2v) is 5.84. The Bertz CT molecular complexity index is 627. The molecule has 2 aromatic rings. The van der Waals surface area contributed by atoms with E-state index in [0.717, 1.165) is 10.2 Å². The van der Waals surface area contributed by atoms with Gasteiger partial charge in [-0.15, -0.1) is 11.3 Å². The van der Waals surface area contributed by atoms with Crippen molar-refractivity contribution in [2.75, 3.05) is 38.2 Å². The molecule has 1 atom stereocenters. The number of thiophene rings is 1. The average Bonchev–Trinajstić information content (AvgIpc) is 2.96. The second kappa shape index (κ2) is 6.35. The van der Waals surface area contributed by atoms with Gasteiger partial charge in [-0.2, -0.15) is 13.2 Å². The molecule has 1 aliphatic heterocycles. The number of hydrogen-bond acceptors (Lipinski definition) is 6. The Morgan fingerprint density at radius 3 is 2.82 bits per heavy atom. The number of alkyl halides is 3. The van der Waals surface area contributed by atoms with Gasteiger partial charge in [0.1, 0.15) is 23.0 Å². The maximum absolute atomic E-state index is 13.3. The van der Waals surface area contributed by atoms with Gasteiger partial charge in [0.15, 0.2) is 0 Å². The minimum Gasteiger partial charge on any atom is -0.379 e. The third-order valence-corrected chi connectivity index (χ3v) is 4.41. The number of aromatic nitrogens is 2. The van der Waals surface area contributed by atoms with E-state index in [1.54, 1.807) is 6.07 Å². The van der Waals surface area contributed by atoms with Crippen molar-refractivity contribution in [1.82, 2.24) is 14.9 Å². The first-order chi connectivity index (χ1) is 10.6. The molecular formula is C13H15F3N4OS. The predicted molar refractivity (Wildman–Crippen MR) is 78.1 cm³/mol. The van der Waals surface area contributed by atoms with Gasteiger partial charge in [-0.05, 0) is 11.4 Å². The van der Waals surface area contributed by atoms with E-state index >= 15 is 0 Å². The maximum Gasteiger partial charge on any atom is 0.405 e. The van der Waals surface area contributed by atoms with E-state index in [0.29, 0.717) is 19.0 Å². The highest BCUT2D eigenvalue weighted by Crippen LogP contribution is 2.28. The van der Waals surface area contributed by atoms with E-state index in [1.165, 1.54) is 22.6 Å². The molecule has 1 saturated heterocycles. The Kier molecular flexibility index (Phi) is 4.46. The summed E-state index contributed by atoms with van der Waals surface area (Å²) in [7, 11) is 0. The monoisotopic (exact) mass is 332 g/mol. The molecule has 1 N–H and O–H groups in total. The number of anilines is 1. The normalized spacial score (nSPS) is 18.5. The molecule has 120 valence electrons. The molecule has 1 unspecified atom stereocenters. The predicted octanol–water partition coefficient (Wildman–Crippen LogP) is 2.37. The quantitative estimate of drug-likeness (QED) is 0.931. The van der Waals surface area contributed by atoms with Crippen LogP contribution in [0.1, 0.15) is 0 Å². The van der Waals surface area contributed by atoms with Gasteiger partial charge in [0.2, 0.25) is 0 Å². The lowest BCUT2D eigenvalue weighted by atomic mass is 10.2. The fourth-order valence-electron chi connectivity index (χ4n) is 2.47. The molecular weight excluding hydrogens is 317 g/mol. The van der Waals surface area contributed by atoms with Gasteiger partial charge in [0.25, 0.3) is 0 Å². The molecule has 9 heteroatoms. The minimum atomic E-state index is -4.30. The number of nitrogens with one attached hydrogen (secondary N) is 1. The zero-order chi connectivity index (χ0) is 15.6. The zero-order valence-electron chi connectivity index (χ0n) is 11.6. The number of nitrogens with zero attached hydrogens (tertiary/aromatic N) is 3. The first kappa shape index (κ1) is 15.4. The van der Waals surface area contributed by atoms with Gasteiger partial charge in [0, 0.05) is 19.6 Å². The fourth-order valence-corrected chi connectivity index (χ4v) is 3.20. The molecule has 0 saturated carbocycles. The van der Waals surface area contributed by atoms with Crippen LogP contribution in [0.15, 0.2) is 17.8 Å². The SMILES string of the molecule is FC(F)(F)C(CNc1ncnc2sccc12)N1CCOCC1. The van der Waals surface area contributed by atoms with Crippen LogP contribution < -0.4 is 5.32 Å². The van der Waals surface area contributed by atoms with E-state index < -0.39 is 12.2 Å². The number of fused-ring (bicyclic) bond motifs is 1.